The molecule has 2 nitrogen and oxygen atoms in total. The zero-order valence-corrected chi connectivity index (χ0v) is 9.59. The summed E-state index contributed by atoms with van der Waals surface area (Å²) in [5.74, 6) is -0.161. The largest absolute Gasteiger partial charge is 0.508 e. The Morgan fingerprint density at radius 2 is 1.88 bits per heavy atom. The number of phenols is 1. The van der Waals surface area contributed by atoms with E-state index in [1.807, 2.05) is 0 Å². The van der Waals surface area contributed by atoms with Gasteiger partial charge in [0.25, 0.3) is 0 Å². The van der Waals surface area contributed by atoms with Crippen molar-refractivity contribution < 1.29 is 9.50 Å². The minimum absolute atomic E-state index is 0.128. The number of halogens is 1. The van der Waals surface area contributed by atoms with Gasteiger partial charge in [0.2, 0.25) is 0 Å². The van der Waals surface area contributed by atoms with Gasteiger partial charge in [-0.1, -0.05) is 19.3 Å². The number of hydrogen-bond donors (Lipinski definition) is 2. The van der Waals surface area contributed by atoms with Crippen molar-refractivity contribution in [3.8, 4) is 5.75 Å². The molecular formula is C13H18FNO. The number of aromatic hydroxyl groups is 1. The SMILES string of the molecule is Cc1c(F)ccc(O)c1C1(N)CCCCC1. The number of phenolic OH excluding ortho intramolecular Hbond substituents is 1. The third-order valence-electron chi connectivity index (χ3n) is 3.62. The van der Waals surface area contributed by atoms with Gasteiger partial charge in [0.1, 0.15) is 11.6 Å². The average Bonchev–Trinajstić information content (AvgIpc) is 2.25. The van der Waals surface area contributed by atoms with Crippen molar-refractivity contribution in [1.82, 2.24) is 0 Å². The molecule has 0 heterocycles. The minimum atomic E-state index is -0.547. The Bertz CT molecular complexity index is 397. The molecule has 1 saturated carbocycles. The summed E-state index contributed by atoms with van der Waals surface area (Å²) in [5, 5.41) is 9.89. The first kappa shape index (κ1) is 11.4. The van der Waals surface area contributed by atoms with E-state index in [-0.39, 0.29) is 11.6 Å². The molecule has 0 saturated heterocycles. The van der Waals surface area contributed by atoms with E-state index in [0.717, 1.165) is 25.7 Å². The number of benzene rings is 1. The van der Waals surface area contributed by atoms with Crippen LogP contribution in [-0.4, -0.2) is 5.11 Å². The summed E-state index contributed by atoms with van der Waals surface area (Å²) in [4.78, 5) is 0. The highest BCUT2D eigenvalue weighted by Gasteiger charge is 2.33. The fourth-order valence-electron chi connectivity index (χ4n) is 2.73. The van der Waals surface area contributed by atoms with E-state index >= 15 is 0 Å². The van der Waals surface area contributed by atoms with Gasteiger partial charge in [-0.25, -0.2) is 4.39 Å². The zero-order chi connectivity index (χ0) is 11.8. The van der Waals surface area contributed by atoms with Crippen LogP contribution in [-0.2, 0) is 5.54 Å². The van der Waals surface area contributed by atoms with Crippen molar-refractivity contribution >= 4 is 0 Å². The van der Waals surface area contributed by atoms with Crippen molar-refractivity contribution in [2.45, 2.75) is 44.6 Å². The smallest absolute Gasteiger partial charge is 0.126 e. The van der Waals surface area contributed by atoms with Crippen LogP contribution < -0.4 is 5.73 Å². The van der Waals surface area contributed by atoms with Gasteiger partial charge in [-0.05, 0) is 37.5 Å². The first-order valence-corrected chi connectivity index (χ1v) is 5.82. The normalized spacial score (nSPS) is 19.7. The molecule has 0 radical (unpaired) electrons. The Hall–Kier alpha value is -1.09. The maximum atomic E-state index is 13.5. The molecular weight excluding hydrogens is 205 g/mol. The fourth-order valence-corrected chi connectivity index (χ4v) is 2.73. The first-order chi connectivity index (χ1) is 7.54. The molecule has 1 fully saturated rings. The maximum Gasteiger partial charge on any atom is 0.126 e. The summed E-state index contributed by atoms with van der Waals surface area (Å²) >= 11 is 0. The monoisotopic (exact) mass is 223 g/mol. The molecule has 0 bridgehead atoms. The van der Waals surface area contributed by atoms with E-state index < -0.39 is 5.54 Å². The molecule has 1 aliphatic carbocycles. The van der Waals surface area contributed by atoms with E-state index in [4.69, 9.17) is 5.73 Å². The van der Waals surface area contributed by atoms with Crippen LogP contribution in [0.25, 0.3) is 0 Å². The van der Waals surface area contributed by atoms with Crippen molar-refractivity contribution in [3.63, 3.8) is 0 Å². The summed E-state index contributed by atoms with van der Waals surface area (Å²) < 4.78 is 13.5. The lowest BCUT2D eigenvalue weighted by Gasteiger charge is -2.35. The molecule has 0 aliphatic heterocycles. The molecule has 1 aliphatic rings. The Morgan fingerprint density at radius 1 is 1.25 bits per heavy atom. The summed E-state index contributed by atoms with van der Waals surface area (Å²) in [5.41, 5.74) is 6.87. The Kier molecular flexibility index (Phi) is 2.89. The highest BCUT2D eigenvalue weighted by molar-refractivity contribution is 5.44. The Labute approximate surface area is 95.3 Å². The van der Waals surface area contributed by atoms with Gasteiger partial charge in [-0.15, -0.1) is 0 Å². The summed E-state index contributed by atoms with van der Waals surface area (Å²) in [6.45, 7) is 1.69. The minimum Gasteiger partial charge on any atom is -0.508 e. The van der Waals surface area contributed by atoms with Crippen molar-refractivity contribution in [3.05, 3.63) is 29.1 Å². The van der Waals surface area contributed by atoms with Gasteiger partial charge in [-0.2, -0.15) is 0 Å². The first-order valence-electron chi connectivity index (χ1n) is 5.82. The van der Waals surface area contributed by atoms with Crippen molar-refractivity contribution in [2.24, 2.45) is 5.73 Å². The van der Waals surface area contributed by atoms with Gasteiger partial charge in [-0.3, -0.25) is 0 Å². The summed E-state index contributed by atoms with van der Waals surface area (Å²) in [6, 6.07) is 2.70. The van der Waals surface area contributed by atoms with Crippen LogP contribution >= 0.6 is 0 Å². The maximum absolute atomic E-state index is 13.5. The topological polar surface area (TPSA) is 46.2 Å². The van der Waals surface area contributed by atoms with Crippen LogP contribution in [0.4, 0.5) is 4.39 Å². The van der Waals surface area contributed by atoms with Crippen molar-refractivity contribution in [2.75, 3.05) is 0 Å². The number of hydrogen-bond acceptors (Lipinski definition) is 2. The van der Waals surface area contributed by atoms with Crippen LogP contribution in [0.3, 0.4) is 0 Å². The molecule has 2 rings (SSSR count). The van der Waals surface area contributed by atoms with Crippen LogP contribution in [0.1, 0.15) is 43.2 Å². The summed E-state index contributed by atoms with van der Waals surface area (Å²) in [7, 11) is 0. The second-order valence-corrected chi connectivity index (χ2v) is 4.78. The predicted octanol–water partition coefficient (Wildman–Crippen LogP) is 2.96. The molecule has 88 valence electrons. The van der Waals surface area contributed by atoms with Gasteiger partial charge < -0.3 is 10.8 Å². The van der Waals surface area contributed by atoms with Gasteiger partial charge in [0.15, 0.2) is 0 Å². The predicted molar refractivity (Wildman–Crippen MR) is 61.8 cm³/mol. The van der Waals surface area contributed by atoms with E-state index in [1.54, 1.807) is 6.92 Å². The molecule has 1 aromatic carbocycles. The second-order valence-electron chi connectivity index (χ2n) is 4.78. The van der Waals surface area contributed by atoms with Crippen molar-refractivity contribution in [1.29, 1.82) is 0 Å². The van der Waals surface area contributed by atoms with Gasteiger partial charge >= 0.3 is 0 Å². The molecule has 0 spiro atoms. The Balaban J connectivity index is 2.49. The molecule has 16 heavy (non-hydrogen) atoms. The quantitative estimate of drug-likeness (QED) is 0.768. The van der Waals surface area contributed by atoms with Crippen LogP contribution in [0.15, 0.2) is 12.1 Å². The second kappa shape index (κ2) is 4.06. The molecule has 3 heteroatoms. The molecule has 0 amide bonds. The lowest BCUT2D eigenvalue weighted by molar-refractivity contribution is 0.289. The fraction of sp³-hybridized carbons (Fsp3) is 0.538. The zero-order valence-electron chi connectivity index (χ0n) is 9.59. The summed E-state index contributed by atoms with van der Waals surface area (Å²) in [6.07, 6.45) is 4.92. The number of nitrogens with two attached hydrogens (primary N) is 1. The van der Waals surface area contributed by atoms with Gasteiger partial charge in [0, 0.05) is 11.1 Å². The third-order valence-corrected chi connectivity index (χ3v) is 3.62. The Morgan fingerprint density at radius 3 is 2.50 bits per heavy atom. The van der Waals surface area contributed by atoms with Crippen LogP contribution in [0.5, 0.6) is 5.75 Å². The highest BCUT2D eigenvalue weighted by Crippen LogP contribution is 2.41. The number of rotatable bonds is 1. The van der Waals surface area contributed by atoms with Gasteiger partial charge in [0.05, 0.1) is 0 Å². The molecule has 0 aromatic heterocycles. The van der Waals surface area contributed by atoms with Crippen LogP contribution in [0.2, 0.25) is 0 Å². The van der Waals surface area contributed by atoms with E-state index in [2.05, 4.69) is 0 Å². The standard InChI is InChI=1S/C13H18FNO/c1-9-10(14)5-6-11(16)12(9)13(15)7-3-2-4-8-13/h5-6,16H,2-4,7-8,15H2,1H3. The molecule has 3 N–H and O–H groups in total. The molecule has 0 unspecified atom stereocenters. The lowest BCUT2D eigenvalue weighted by Crippen LogP contribution is -2.39. The van der Waals surface area contributed by atoms with E-state index in [0.29, 0.717) is 11.1 Å². The van der Waals surface area contributed by atoms with Crippen LogP contribution in [0, 0.1) is 12.7 Å². The lowest BCUT2D eigenvalue weighted by atomic mass is 9.75. The van der Waals surface area contributed by atoms with E-state index in [1.165, 1.54) is 18.6 Å². The third kappa shape index (κ3) is 1.80. The van der Waals surface area contributed by atoms with E-state index in [9.17, 15) is 9.50 Å². The average molecular weight is 223 g/mol. The molecule has 1 aromatic rings. The highest BCUT2D eigenvalue weighted by atomic mass is 19.1. The molecule has 0 atom stereocenters.